The van der Waals surface area contributed by atoms with E-state index in [2.05, 4.69) is 5.32 Å². The molecule has 1 atom stereocenters. The zero-order valence-electron chi connectivity index (χ0n) is 13.4. The van der Waals surface area contributed by atoms with Crippen molar-refractivity contribution in [3.05, 3.63) is 60.2 Å². The summed E-state index contributed by atoms with van der Waals surface area (Å²) in [5.41, 5.74) is 0.701. The molecule has 0 aliphatic carbocycles. The molecule has 4 heteroatoms. The summed E-state index contributed by atoms with van der Waals surface area (Å²) < 4.78 is 11.5. The molecule has 1 unspecified atom stereocenters. The Kier molecular flexibility index (Phi) is 4.24. The lowest BCUT2D eigenvalue weighted by Crippen LogP contribution is -2.42. The van der Waals surface area contributed by atoms with E-state index in [1.165, 1.54) is 0 Å². The first-order chi connectivity index (χ1) is 11.0. The normalized spacial score (nSPS) is 18.4. The van der Waals surface area contributed by atoms with E-state index in [9.17, 15) is 4.79 Å². The van der Waals surface area contributed by atoms with E-state index in [0.717, 1.165) is 17.7 Å². The van der Waals surface area contributed by atoms with Crippen molar-refractivity contribution >= 4 is 5.91 Å². The van der Waals surface area contributed by atoms with Gasteiger partial charge in [0.15, 0.2) is 6.61 Å². The predicted molar refractivity (Wildman–Crippen MR) is 88.6 cm³/mol. The third-order valence-electron chi connectivity index (χ3n) is 3.82. The number of carbonyl (C=O) groups is 1. The lowest BCUT2D eigenvalue weighted by atomic mass is 9.90. The Labute approximate surface area is 136 Å². The van der Waals surface area contributed by atoms with Gasteiger partial charge in [0.1, 0.15) is 17.1 Å². The number of hydrogen-bond acceptors (Lipinski definition) is 3. The monoisotopic (exact) mass is 311 g/mol. The first kappa shape index (κ1) is 15.4. The van der Waals surface area contributed by atoms with Gasteiger partial charge in [-0.05, 0) is 32.0 Å². The van der Waals surface area contributed by atoms with E-state index in [0.29, 0.717) is 5.75 Å². The first-order valence-electron chi connectivity index (χ1n) is 7.79. The van der Waals surface area contributed by atoms with Crippen LogP contribution in [0.2, 0.25) is 0 Å². The van der Waals surface area contributed by atoms with Gasteiger partial charge in [-0.25, -0.2) is 0 Å². The van der Waals surface area contributed by atoms with Gasteiger partial charge in [-0.15, -0.1) is 0 Å². The largest absolute Gasteiger partial charge is 0.487 e. The van der Waals surface area contributed by atoms with Gasteiger partial charge in [0, 0.05) is 12.0 Å². The quantitative estimate of drug-likeness (QED) is 0.940. The topological polar surface area (TPSA) is 47.6 Å². The Hall–Kier alpha value is -2.49. The molecule has 1 heterocycles. The maximum atomic E-state index is 12.2. The average molecular weight is 311 g/mol. The summed E-state index contributed by atoms with van der Waals surface area (Å²) in [6.07, 6.45) is 0.723. The van der Waals surface area contributed by atoms with Gasteiger partial charge in [0.2, 0.25) is 0 Å². The average Bonchev–Trinajstić information content (AvgIpc) is 2.53. The second-order valence-corrected chi connectivity index (χ2v) is 6.33. The summed E-state index contributed by atoms with van der Waals surface area (Å²) in [5, 5.41) is 3.06. The maximum absolute atomic E-state index is 12.2. The highest BCUT2D eigenvalue weighted by Crippen LogP contribution is 2.39. The molecule has 120 valence electrons. The zero-order chi connectivity index (χ0) is 16.3. The Morgan fingerprint density at radius 1 is 1.17 bits per heavy atom. The van der Waals surface area contributed by atoms with Gasteiger partial charge in [0.25, 0.3) is 5.91 Å². The van der Waals surface area contributed by atoms with Crippen molar-refractivity contribution in [2.75, 3.05) is 6.61 Å². The Balaban J connectivity index is 1.66. The van der Waals surface area contributed by atoms with Crippen LogP contribution in [0, 0.1) is 0 Å². The molecule has 1 N–H and O–H groups in total. The van der Waals surface area contributed by atoms with Gasteiger partial charge >= 0.3 is 0 Å². The van der Waals surface area contributed by atoms with Crippen LogP contribution in [0.5, 0.6) is 11.5 Å². The van der Waals surface area contributed by atoms with Crippen LogP contribution in [-0.2, 0) is 4.79 Å². The second kappa shape index (κ2) is 6.32. The van der Waals surface area contributed by atoms with Gasteiger partial charge in [-0.3, -0.25) is 4.79 Å². The fourth-order valence-electron chi connectivity index (χ4n) is 2.83. The van der Waals surface area contributed by atoms with E-state index in [1.54, 1.807) is 0 Å². The number of benzene rings is 2. The van der Waals surface area contributed by atoms with Crippen LogP contribution in [0.25, 0.3) is 0 Å². The van der Waals surface area contributed by atoms with Gasteiger partial charge in [-0.2, -0.15) is 0 Å². The SMILES string of the molecule is CC1(C)CC(NC(=O)COc2ccccc2)c2ccccc2O1. The molecule has 0 fully saturated rings. The number of fused-ring (bicyclic) bond motifs is 1. The van der Waals surface area contributed by atoms with Crippen molar-refractivity contribution in [3.8, 4) is 11.5 Å². The van der Waals surface area contributed by atoms with Crippen molar-refractivity contribution < 1.29 is 14.3 Å². The van der Waals surface area contributed by atoms with Crippen LogP contribution in [-0.4, -0.2) is 18.1 Å². The number of carbonyl (C=O) groups excluding carboxylic acids is 1. The molecule has 2 aromatic carbocycles. The predicted octanol–water partition coefficient (Wildman–Crippen LogP) is 3.48. The highest BCUT2D eigenvalue weighted by atomic mass is 16.5. The molecule has 1 aliphatic rings. The van der Waals surface area contributed by atoms with Crippen molar-refractivity contribution in [2.24, 2.45) is 0 Å². The van der Waals surface area contributed by atoms with E-state index in [-0.39, 0.29) is 24.2 Å². The van der Waals surface area contributed by atoms with E-state index < -0.39 is 0 Å². The number of rotatable bonds is 4. The molecule has 3 rings (SSSR count). The van der Waals surface area contributed by atoms with E-state index in [4.69, 9.17) is 9.47 Å². The molecular formula is C19H21NO3. The summed E-state index contributed by atoms with van der Waals surface area (Å²) in [5.74, 6) is 1.39. The highest BCUT2D eigenvalue weighted by Gasteiger charge is 2.34. The third kappa shape index (κ3) is 3.83. The van der Waals surface area contributed by atoms with Crippen molar-refractivity contribution in [1.29, 1.82) is 0 Å². The zero-order valence-corrected chi connectivity index (χ0v) is 13.4. The lowest BCUT2D eigenvalue weighted by Gasteiger charge is -2.37. The summed E-state index contributed by atoms with van der Waals surface area (Å²) in [6, 6.07) is 17.1. The molecule has 1 aliphatic heterocycles. The van der Waals surface area contributed by atoms with Crippen LogP contribution in [0.15, 0.2) is 54.6 Å². The molecule has 23 heavy (non-hydrogen) atoms. The van der Waals surface area contributed by atoms with Crippen LogP contribution >= 0.6 is 0 Å². The van der Waals surface area contributed by atoms with Crippen LogP contribution in [0.3, 0.4) is 0 Å². The van der Waals surface area contributed by atoms with E-state index in [1.807, 2.05) is 68.4 Å². The Bertz CT molecular complexity index is 682. The molecule has 0 bridgehead atoms. The van der Waals surface area contributed by atoms with Crippen molar-refractivity contribution in [3.63, 3.8) is 0 Å². The smallest absolute Gasteiger partial charge is 0.258 e. The minimum atomic E-state index is -0.313. The van der Waals surface area contributed by atoms with Crippen LogP contribution in [0.1, 0.15) is 31.9 Å². The van der Waals surface area contributed by atoms with Gasteiger partial charge in [-0.1, -0.05) is 36.4 Å². The number of para-hydroxylation sites is 2. The molecule has 0 aromatic heterocycles. The molecule has 0 saturated heterocycles. The fraction of sp³-hybridized carbons (Fsp3) is 0.316. The molecule has 0 radical (unpaired) electrons. The molecule has 0 saturated carbocycles. The van der Waals surface area contributed by atoms with Crippen molar-refractivity contribution in [1.82, 2.24) is 5.32 Å². The molecular weight excluding hydrogens is 290 g/mol. The molecule has 2 aromatic rings. The van der Waals surface area contributed by atoms with E-state index >= 15 is 0 Å². The molecule has 1 amide bonds. The Morgan fingerprint density at radius 3 is 2.65 bits per heavy atom. The number of amides is 1. The summed E-state index contributed by atoms with van der Waals surface area (Å²) in [7, 11) is 0. The lowest BCUT2D eigenvalue weighted by molar-refractivity contribution is -0.124. The highest BCUT2D eigenvalue weighted by molar-refractivity contribution is 5.78. The number of nitrogens with one attached hydrogen (secondary N) is 1. The first-order valence-corrected chi connectivity index (χ1v) is 7.79. The third-order valence-corrected chi connectivity index (χ3v) is 3.82. The van der Waals surface area contributed by atoms with Crippen LogP contribution in [0.4, 0.5) is 0 Å². The van der Waals surface area contributed by atoms with Gasteiger partial charge in [0.05, 0.1) is 6.04 Å². The minimum Gasteiger partial charge on any atom is -0.487 e. The van der Waals surface area contributed by atoms with Crippen molar-refractivity contribution in [2.45, 2.75) is 31.9 Å². The minimum absolute atomic E-state index is 0.00393. The molecule has 0 spiro atoms. The summed E-state index contributed by atoms with van der Waals surface area (Å²) in [6.45, 7) is 4.06. The number of hydrogen-bond donors (Lipinski definition) is 1. The Morgan fingerprint density at radius 2 is 1.87 bits per heavy atom. The molecule has 4 nitrogen and oxygen atoms in total. The standard InChI is InChI=1S/C19H21NO3/c1-19(2)12-16(15-10-6-7-11-17(15)23-19)20-18(21)13-22-14-8-4-3-5-9-14/h3-11,16H,12-13H2,1-2H3,(H,20,21). The summed E-state index contributed by atoms with van der Waals surface area (Å²) >= 11 is 0. The fourth-order valence-corrected chi connectivity index (χ4v) is 2.83. The second-order valence-electron chi connectivity index (χ2n) is 6.33. The van der Waals surface area contributed by atoms with Gasteiger partial charge < -0.3 is 14.8 Å². The summed E-state index contributed by atoms with van der Waals surface area (Å²) in [4.78, 5) is 12.2. The number of ether oxygens (including phenoxy) is 2. The maximum Gasteiger partial charge on any atom is 0.258 e. The van der Waals surface area contributed by atoms with Crippen LogP contribution < -0.4 is 14.8 Å².